The van der Waals surface area contributed by atoms with Crippen LogP contribution in [0.4, 0.5) is 5.69 Å². The lowest BCUT2D eigenvalue weighted by Gasteiger charge is -2.08. The van der Waals surface area contributed by atoms with Crippen molar-refractivity contribution in [2.24, 2.45) is 0 Å². The summed E-state index contributed by atoms with van der Waals surface area (Å²) in [5.41, 5.74) is 1.33. The van der Waals surface area contributed by atoms with Crippen molar-refractivity contribution in [2.45, 2.75) is 6.92 Å². The summed E-state index contributed by atoms with van der Waals surface area (Å²) in [6, 6.07) is 6.49. The molecule has 0 saturated heterocycles. The van der Waals surface area contributed by atoms with Gasteiger partial charge in [-0.25, -0.2) is 4.79 Å². The van der Waals surface area contributed by atoms with Gasteiger partial charge in [0.15, 0.2) is 0 Å². The van der Waals surface area contributed by atoms with Gasteiger partial charge in [0.2, 0.25) is 0 Å². The number of rotatable bonds is 3. The summed E-state index contributed by atoms with van der Waals surface area (Å²) in [5, 5.41) is 28.9. The number of carbonyl (C=O) groups is 1. The fourth-order valence-corrected chi connectivity index (χ4v) is 1.86. The molecule has 0 aliphatic heterocycles. The van der Waals surface area contributed by atoms with Gasteiger partial charge >= 0.3 is 5.97 Å². The molecule has 1 aromatic carbocycles. The molecule has 1 rings (SSSR count). The fourth-order valence-electron chi connectivity index (χ4n) is 1.23. The van der Waals surface area contributed by atoms with Crippen molar-refractivity contribution in [2.75, 3.05) is 5.32 Å². The zero-order valence-corrected chi connectivity index (χ0v) is 10.9. The maximum Gasteiger partial charge on any atom is 0.336 e. The van der Waals surface area contributed by atoms with Crippen molar-refractivity contribution in [1.82, 2.24) is 0 Å². The summed E-state index contributed by atoms with van der Waals surface area (Å²) in [4.78, 5) is 11.0. The molecule has 0 fully saturated rings. The number of carboxylic acid groups (broad SMARTS) is 1. The monoisotopic (exact) mass is 305 g/mol. The van der Waals surface area contributed by atoms with Crippen LogP contribution in [0.5, 0.6) is 0 Å². The van der Waals surface area contributed by atoms with Gasteiger partial charge < -0.3 is 10.4 Å². The first-order chi connectivity index (χ1) is 8.49. The number of aromatic carboxylic acids is 1. The van der Waals surface area contributed by atoms with Gasteiger partial charge in [0.05, 0.1) is 5.56 Å². The van der Waals surface area contributed by atoms with Gasteiger partial charge in [-0.05, 0) is 40.5 Å². The van der Waals surface area contributed by atoms with Crippen molar-refractivity contribution < 1.29 is 9.90 Å². The van der Waals surface area contributed by atoms with Crippen molar-refractivity contribution in [1.29, 1.82) is 10.5 Å². The second-order valence-electron chi connectivity index (χ2n) is 3.38. The molecule has 0 radical (unpaired) electrons. The van der Waals surface area contributed by atoms with Crippen molar-refractivity contribution in [3.8, 4) is 12.1 Å². The van der Waals surface area contributed by atoms with Crippen LogP contribution in [0.3, 0.4) is 0 Å². The topological polar surface area (TPSA) is 96.9 Å². The van der Waals surface area contributed by atoms with Crippen molar-refractivity contribution in [3.05, 3.63) is 39.5 Å². The minimum atomic E-state index is -1.06. The zero-order valence-electron chi connectivity index (χ0n) is 9.36. The Morgan fingerprint density at radius 3 is 2.56 bits per heavy atom. The molecule has 5 nitrogen and oxygen atoms in total. The largest absolute Gasteiger partial charge is 0.478 e. The van der Waals surface area contributed by atoms with E-state index in [0.717, 1.165) is 5.56 Å². The normalized spacial score (nSPS) is 8.89. The molecule has 0 amide bonds. The number of anilines is 1. The van der Waals surface area contributed by atoms with Gasteiger partial charge in [-0.15, -0.1) is 0 Å². The third-order valence-electron chi connectivity index (χ3n) is 2.16. The lowest BCUT2D eigenvalue weighted by Crippen LogP contribution is -2.01. The number of nitrogens with zero attached hydrogens (tertiary/aromatic N) is 2. The molecule has 1 aromatic rings. The Morgan fingerprint density at radius 1 is 1.44 bits per heavy atom. The van der Waals surface area contributed by atoms with Gasteiger partial charge in [0.25, 0.3) is 0 Å². The van der Waals surface area contributed by atoms with Crippen LogP contribution < -0.4 is 5.32 Å². The van der Waals surface area contributed by atoms with Crippen LogP contribution in [0, 0.1) is 29.6 Å². The standard InChI is InChI=1S/C12H8BrN3O2/c1-7-2-10(13)9(12(17)18)3-11(7)16-6-8(4-14)5-15/h2-3,6,16H,1H3,(H,17,18). The van der Waals surface area contributed by atoms with Gasteiger partial charge in [-0.3, -0.25) is 0 Å². The Bertz CT molecular complexity index is 593. The number of hydrogen-bond acceptors (Lipinski definition) is 4. The van der Waals surface area contributed by atoms with Gasteiger partial charge in [0.1, 0.15) is 17.7 Å². The summed E-state index contributed by atoms with van der Waals surface area (Å²) < 4.78 is 0.475. The molecule has 0 spiro atoms. The van der Waals surface area contributed by atoms with E-state index in [2.05, 4.69) is 21.2 Å². The third kappa shape index (κ3) is 3.09. The van der Waals surface area contributed by atoms with E-state index >= 15 is 0 Å². The summed E-state index contributed by atoms with van der Waals surface area (Å²) >= 11 is 3.16. The molecule has 0 atom stereocenters. The smallest absolute Gasteiger partial charge is 0.336 e. The summed E-state index contributed by atoms with van der Waals surface area (Å²) in [5.74, 6) is -1.06. The SMILES string of the molecule is Cc1cc(Br)c(C(=O)O)cc1NC=C(C#N)C#N. The minimum absolute atomic E-state index is 0.0887. The molecule has 0 aliphatic carbocycles. The second-order valence-corrected chi connectivity index (χ2v) is 4.23. The molecule has 18 heavy (non-hydrogen) atoms. The highest BCUT2D eigenvalue weighted by Crippen LogP contribution is 2.25. The van der Waals surface area contributed by atoms with Crippen LogP contribution in [0.15, 0.2) is 28.4 Å². The number of hydrogen-bond donors (Lipinski definition) is 2. The maximum absolute atomic E-state index is 11.0. The van der Waals surface area contributed by atoms with Crippen LogP contribution in [-0.2, 0) is 0 Å². The predicted molar refractivity (Wildman–Crippen MR) is 68.8 cm³/mol. The number of allylic oxidation sites excluding steroid dienone is 1. The van der Waals surface area contributed by atoms with Crippen molar-refractivity contribution >= 4 is 27.6 Å². The first kappa shape index (κ1) is 13.8. The predicted octanol–water partition coefficient (Wildman–Crippen LogP) is 2.80. The van der Waals surface area contributed by atoms with Crippen LogP contribution in [0.2, 0.25) is 0 Å². The number of carboxylic acids is 1. The summed E-state index contributed by atoms with van der Waals surface area (Å²) in [6.45, 7) is 1.78. The number of aryl methyl sites for hydroxylation is 1. The lowest BCUT2D eigenvalue weighted by molar-refractivity contribution is 0.0696. The van der Waals surface area contributed by atoms with Crippen LogP contribution >= 0.6 is 15.9 Å². The van der Waals surface area contributed by atoms with E-state index < -0.39 is 5.97 Å². The summed E-state index contributed by atoms with van der Waals surface area (Å²) in [7, 11) is 0. The molecule has 2 N–H and O–H groups in total. The highest BCUT2D eigenvalue weighted by molar-refractivity contribution is 9.10. The maximum atomic E-state index is 11.0. The first-order valence-electron chi connectivity index (χ1n) is 4.80. The van der Waals surface area contributed by atoms with Crippen LogP contribution in [0.1, 0.15) is 15.9 Å². The number of nitriles is 2. The molecular weight excluding hydrogens is 298 g/mol. The zero-order chi connectivity index (χ0) is 13.7. The molecular formula is C12H8BrN3O2. The molecule has 0 heterocycles. The van der Waals surface area contributed by atoms with Gasteiger partial charge in [-0.2, -0.15) is 10.5 Å². The molecule has 0 unspecified atom stereocenters. The molecule has 90 valence electrons. The highest BCUT2D eigenvalue weighted by atomic mass is 79.9. The molecule has 0 aliphatic rings. The van der Waals surface area contributed by atoms with Crippen molar-refractivity contribution in [3.63, 3.8) is 0 Å². The van der Waals surface area contributed by atoms with E-state index in [1.54, 1.807) is 25.1 Å². The van der Waals surface area contributed by atoms with Gasteiger partial charge in [0, 0.05) is 16.4 Å². The third-order valence-corrected chi connectivity index (χ3v) is 2.81. The fraction of sp³-hybridized carbons (Fsp3) is 0.0833. The van der Waals surface area contributed by atoms with E-state index in [4.69, 9.17) is 15.6 Å². The Morgan fingerprint density at radius 2 is 2.06 bits per heavy atom. The van der Waals surface area contributed by atoms with E-state index in [9.17, 15) is 4.79 Å². The Hall–Kier alpha value is -2.31. The Kier molecular flexibility index (Phi) is 4.47. The summed E-state index contributed by atoms with van der Waals surface area (Å²) in [6.07, 6.45) is 1.24. The van der Waals surface area contributed by atoms with E-state index in [1.807, 2.05) is 0 Å². The second kappa shape index (κ2) is 5.85. The molecule has 6 heteroatoms. The lowest BCUT2D eigenvalue weighted by atomic mass is 10.1. The molecule has 0 saturated carbocycles. The van der Waals surface area contributed by atoms with Gasteiger partial charge in [-0.1, -0.05) is 0 Å². The Balaban J connectivity index is 3.16. The number of halogens is 1. The number of nitrogens with one attached hydrogen (secondary N) is 1. The van der Waals surface area contributed by atoms with Crippen LogP contribution in [-0.4, -0.2) is 11.1 Å². The number of benzene rings is 1. The average molecular weight is 306 g/mol. The molecule has 0 aromatic heterocycles. The Labute approximate surface area is 112 Å². The minimum Gasteiger partial charge on any atom is -0.478 e. The van der Waals surface area contributed by atoms with Crippen LogP contribution in [0.25, 0.3) is 0 Å². The highest BCUT2D eigenvalue weighted by Gasteiger charge is 2.11. The first-order valence-corrected chi connectivity index (χ1v) is 5.59. The van der Waals surface area contributed by atoms with E-state index in [-0.39, 0.29) is 11.1 Å². The van der Waals surface area contributed by atoms with E-state index in [0.29, 0.717) is 10.2 Å². The molecule has 0 bridgehead atoms. The average Bonchev–Trinajstić information content (AvgIpc) is 2.32. The van der Waals surface area contributed by atoms with E-state index in [1.165, 1.54) is 12.3 Å². The quantitative estimate of drug-likeness (QED) is 0.837.